The minimum Gasteiger partial charge on any atom is -0.480 e. The summed E-state index contributed by atoms with van der Waals surface area (Å²) in [6, 6.07) is 1.77. The summed E-state index contributed by atoms with van der Waals surface area (Å²) in [4.78, 5) is 23.1. The van der Waals surface area contributed by atoms with E-state index in [1.165, 1.54) is 6.08 Å². The molecule has 1 aliphatic carbocycles. The normalized spacial score (nSPS) is 17.7. The lowest BCUT2D eigenvalue weighted by Crippen LogP contribution is -2.52. The largest absolute Gasteiger partial charge is 0.480 e. The zero-order valence-corrected chi connectivity index (χ0v) is 10.8. The molecule has 2 N–H and O–H groups in total. The predicted octanol–water partition coefficient (Wildman–Crippen LogP) is 0.947. The minimum atomic E-state index is -1.09. The third-order valence-electron chi connectivity index (χ3n) is 3.49. The maximum absolute atomic E-state index is 11.8. The number of nitrogens with one attached hydrogen (secondary N) is 1. The molecule has 6 heteroatoms. The van der Waals surface area contributed by atoms with E-state index >= 15 is 0 Å². The van der Waals surface area contributed by atoms with Crippen molar-refractivity contribution < 1.29 is 14.7 Å². The molecule has 2 rings (SSSR count). The Morgan fingerprint density at radius 3 is 2.68 bits per heavy atom. The maximum atomic E-state index is 11.8. The van der Waals surface area contributed by atoms with Gasteiger partial charge in [0.2, 0.25) is 5.91 Å². The second kappa shape index (κ2) is 5.26. The lowest BCUT2D eigenvalue weighted by molar-refractivity contribution is -0.146. The van der Waals surface area contributed by atoms with Crippen molar-refractivity contribution in [2.75, 3.05) is 0 Å². The third kappa shape index (κ3) is 2.83. The number of hydrogen-bond acceptors (Lipinski definition) is 3. The molecule has 102 valence electrons. The van der Waals surface area contributed by atoms with Gasteiger partial charge in [-0.2, -0.15) is 5.10 Å². The van der Waals surface area contributed by atoms with E-state index in [1.54, 1.807) is 30.1 Å². The molecule has 6 nitrogen and oxygen atoms in total. The Morgan fingerprint density at radius 1 is 1.47 bits per heavy atom. The van der Waals surface area contributed by atoms with Gasteiger partial charge in [-0.3, -0.25) is 9.48 Å². The van der Waals surface area contributed by atoms with E-state index in [0.717, 1.165) is 18.5 Å². The molecule has 0 atom stereocenters. The number of rotatable bonds is 4. The predicted molar refractivity (Wildman–Crippen MR) is 69.2 cm³/mol. The van der Waals surface area contributed by atoms with Crippen molar-refractivity contribution in [1.82, 2.24) is 15.1 Å². The van der Waals surface area contributed by atoms with Gasteiger partial charge in [0.1, 0.15) is 5.54 Å². The second-order valence-corrected chi connectivity index (χ2v) is 4.80. The van der Waals surface area contributed by atoms with Crippen LogP contribution in [0.25, 0.3) is 6.08 Å². The highest BCUT2D eigenvalue weighted by Gasteiger charge is 2.42. The highest BCUT2D eigenvalue weighted by Crippen LogP contribution is 2.29. The summed E-state index contributed by atoms with van der Waals surface area (Å²) in [5.74, 6) is -1.34. The number of amides is 1. The van der Waals surface area contributed by atoms with E-state index in [-0.39, 0.29) is 5.91 Å². The molecule has 1 fully saturated rings. The molecule has 0 bridgehead atoms. The molecule has 1 saturated carbocycles. The SMILES string of the molecule is Cn1nccc1/C=C/C(=O)NC1(C(=O)O)CCCC1. The van der Waals surface area contributed by atoms with Crippen molar-refractivity contribution in [1.29, 1.82) is 0 Å². The highest BCUT2D eigenvalue weighted by atomic mass is 16.4. The monoisotopic (exact) mass is 263 g/mol. The van der Waals surface area contributed by atoms with Gasteiger partial charge in [0, 0.05) is 19.3 Å². The zero-order chi connectivity index (χ0) is 13.9. The molecule has 1 heterocycles. The number of carbonyl (C=O) groups excluding carboxylic acids is 1. The fourth-order valence-electron chi connectivity index (χ4n) is 2.36. The first-order chi connectivity index (χ1) is 9.03. The number of carbonyl (C=O) groups is 2. The van der Waals surface area contributed by atoms with Gasteiger partial charge in [-0.25, -0.2) is 4.79 Å². The van der Waals surface area contributed by atoms with E-state index in [9.17, 15) is 14.7 Å². The number of carboxylic acid groups (broad SMARTS) is 1. The van der Waals surface area contributed by atoms with E-state index < -0.39 is 11.5 Å². The standard InChI is InChI=1S/C13H17N3O3/c1-16-10(6-9-14-16)4-5-11(17)15-13(12(18)19)7-2-3-8-13/h4-6,9H,2-3,7-8H2,1H3,(H,15,17)(H,18,19)/b5-4+. The molecule has 0 aromatic carbocycles. The van der Waals surface area contributed by atoms with E-state index in [4.69, 9.17) is 0 Å². The molecule has 0 spiro atoms. The van der Waals surface area contributed by atoms with E-state index in [1.807, 2.05) is 0 Å². The molecule has 0 aliphatic heterocycles. The summed E-state index contributed by atoms with van der Waals surface area (Å²) in [7, 11) is 1.77. The van der Waals surface area contributed by atoms with Crippen molar-refractivity contribution in [3.63, 3.8) is 0 Å². The van der Waals surface area contributed by atoms with Crippen molar-refractivity contribution in [3.05, 3.63) is 24.0 Å². The smallest absolute Gasteiger partial charge is 0.329 e. The van der Waals surface area contributed by atoms with Crippen LogP contribution in [0.5, 0.6) is 0 Å². The highest BCUT2D eigenvalue weighted by molar-refractivity contribution is 5.95. The lowest BCUT2D eigenvalue weighted by atomic mass is 9.98. The first-order valence-electron chi connectivity index (χ1n) is 6.25. The van der Waals surface area contributed by atoms with Gasteiger partial charge < -0.3 is 10.4 Å². The van der Waals surface area contributed by atoms with Crippen molar-refractivity contribution >= 4 is 18.0 Å². The number of nitrogens with zero attached hydrogens (tertiary/aromatic N) is 2. The first kappa shape index (κ1) is 13.3. The lowest BCUT2D eigenvalue weighted by Gasteiger charge is -2.24. The first-order valence-corrected chi connectivity index (χ1v) is 6.25. The molecule has 1 aromatic heterocycles. The number of aliphatic carboxylic acids is 1. The molecule has 0 unspecified atom stereocenters. The van der Waals surface area contributed by atoms with Gasteiger partial charge in [0.25, 0.3) is 0 Å². The van der Waals surface area contributed by atoms with Crippen LogP contribution in [0.3, 0.4) is 0 Å². The maximum Gasteiger partial charge on any atom is 0.329 e. The zero-order valence-electron chi connectivity index (χ0n) is 10.8. The molecular formula is C13H17N3O3. The molecule has 19 heavy (non-hydrogen) atoms. The minimum absolute atomic E-state index is 0.384. The number of aromatic nitrogens is 2. The number of hydrogen-bond donors (Lipinski definition) is 2. The van der Waals surface area contributed by atoms with Crippen LogP contribution in [-0.2, 0) is 16.6 Å². The average Bonchev–Trinajstić information content (AvgIpc) is 2.97. The molecule has 0 radical (unpaired) electrons. The van der Waals surface area contributed by atoms with Gasteiger partial charge >= 0.3 is 5.97 Å². The Balaban J connectivity index is 2.03. The van der Waals surface area contributed by atoms with Gasteiger partial charge in [-0.05, 0) is 25.0 Å². The van der Waals surface area contributed by atoms with Gasteiger partial charge in [-0.15, -0.1) is 0 Å². The Kier molecular flexibility index (Phi) is 3.69. The summed E-state index contributed by atoms with van der Waals surface area (Å²) >= 11 is 0. The average molecular weight is 263 g/mol. The molecule has 1 amide bonds. The van der Waals surface area contributed by atoms with Crippen molar-refractivity contribution in [3.8, 4) is 0 Å². The van der Waals surface area contributed by atoms with Crippen molar-refractivity contribution in [2.45, 2.75) is 31.2 Å². The number of carboxylic acids is 1. The Morgan fingerprint density at radius 2 is 2.16 bits per heavy atom. The molecular weight excluding hydrogens is 246 g/mol. The van der Waals surface area contributed by atoms with Crippen LogP contribution < -0.4 is 5.32 Å². The Labute approximate surface area is 111 Å². The van der Waals surface area contributed by atoms with Gasteiger partial charge in [-0.1, -0.05) is 12.8 Å². The fourth-order valence-corrected chi connectivity index (χ4v) is 2.36. The Hall–Kier alpha value is -2.11. The summed E-state index contributed by atoms with van der Waals surface area (Å²) in [5, 5.41) is 15.9. The molecule has 1 aliphatic rings. The second-order valence-electron chi connectivity index (χ2n) is 4.80. The summed E-state index contributed by atoms with van der Waals surface area (Å²) < 4.78 is 1.63. The summed E-state index contributed by atoms with van der Waals surface area (Å²) in [5.41, 5.74) is -0.306. The van der Waals surface area contributed by atoms with Crippen LogP contribution in [0.4, 0.5) is 0 Å². The Bertz CT molecular complexity index is 513. The van der Waals surface area contributed by atoms with Crippen LogP contribution in [0, 0.1) is 0 Å². The van der Waals surface area contributed by atoms with Crippen molar-refractivity contribution in [2.24, 2.45) is 7.05 Å². The number of aryl methyl sites for hydroxylation is 1. The quantitative estimate of drug-likeness (QED) is 0.792. The molecule has 0 saturated heterocycles. The van der Waals surface area contributed by atoms with Crippen LogP contribution in [0.1, 0.15) is 31.4 Å². The van der Waals surface area contributed by atoms with Crippen LogP contribution in [0.2, 0.25) is 0 Å². The van der Waals surface area contributed by atoms with E-state index in [2.05, 4.69) is 10.4 Å². The van der Waals surface area contributed by atoms with Crippen LogP contribution in [-0.4, -0.2) is 32.3 Å². The van der Waals surface area contributed by atoms with Gasteiger partial charge in [0.05, 0.1) is 5.69 Å². The summed E-state index contributed by atoms with van der Waals surface area (Å²) in [6.07, 6.45) is 7.25. The fraction of sp³-hybridized carbons (Fsp3) is 0.462. The molecule has 1 aromatic rings. The van der Waals surface area contributed by atoms with Crippen LogP contribution in [0.15, 0.2) is 18.3 Å². The summed E-state index contributed by atoms with van der Waals surface area (Å²) in [6.45, 7) is 0. The topological polar surface area (TPSA) is 84.2 Å². The third-order valence-corrected chi connectivity index (χ3v) is 3.49. The van der Waals surface area contributed by atoms with E-state index in [0.29, 0.717) is 12.8 Å². The van der Waals surface area contributed by atoms with Crippen LogP contribution >= 0.6 is 0 Å². The van der Waals surface area contributed by atoms with Gasteiger partial charge in [0.15, 0.2) is 0 Å².